The van der Waals surface area contributed by atoms with Gasteiger partial charge in [0.05, 0.1) is 34.1 Å². The lowest BCUT2D eigenvalue weighted by Crippen LogP contribution is -2.32. The van der Waals surface area contributed by atoms with Gasteiger partial charge >= 0.3 is 0 Å². The number of allylic oxidation sites excluding steroid dienone is 14. The molecule has 2 aliphatic heterocycles. The Kier molecular flexibility index (Phi) is 10.7. The lowest BCUT2D eigenvalue weighted by atomic mass is 9.78. The highest BCUT2D eigenvalue weighted by molar-refractivity contribution is 6.21. The molecule has 0 fully saturated rings. The van der Waals surface area contributed by atoms with Crippen molar-refractivity contribution in [2.45, 2.75) is 25.7 Å². The van der Waals surface area contributed by atoms with Crippen molar-refractivity contribution in [1.29, 1.82) is 0 Å². The first kappa shape index (κ1) is 46.7. The minimum Gasteiger partial charge on any atom is -0.310 e. The van der Waals surface area contributed by atoms with E-state index in [4.69, 9.17) is 0 Å². The van der Waals surface area contributed by atoms with Crippen molar-refractivity contribution in [3.05, 3.63) is 308 Å². The molecule has 0 saturated carbocycles. The maximum atomic E-state index is 2.58. The number of benzene rings is 11. The third kappa shape index (κ3) is 7.38. The van der Waals surface area contributed by atoms with Gasteiger partial charge in [0.15, 0.2) is 0 Å². The number of nitrogens with zero attached hydrogens (tertiary/aromatic N) is 4. The lowest BCUT2D eigenvalue weighted by molar-refractivity contribution is 0.663. The SMILES string of the molecule is C1=CC2C=CC(c3c4cc(N5C6=C(C=CCC6)N(c6ccc7ccccc7c6)c6ccccc65)ccc4c(-c4ccc5ccccc5c4)c4cc(N5C6=C(C=CCC6)N(c6ccc7ccccc7c6)c6ccccc65)ccc34)=CC2C=C1. The zero-order chi connectivity index (χ0) is 53.8. The summed E-state index contributed by atoms with van der Waals surface area (Å²) in [7, 11) is 0. The number of hydrogen-bond acceptors (Lipinski definition) is 4. The molecule has 0 spiro atoms. The lowest BCUT2D eigenvalue weighted by Gasteiger charge is -2.43. The summed E-state index contributed by atoms with van der Waals surface area (Å²) in [6, 6.07) is 79.9. The summed E-state index contributed by atoms with van der Waals surface area (Å²) in [5.41, 5.74) is 19.4. The average Bonchev–Trinajstić information content (AvgIpc) is 3.35. The molecule has 4 nitrogen and oxygen atoms in total. The molecule has 0 N–H and O–H groups in total. The quantitative estimate of drug-likeness (QED) is 0.154. The Bertz CT molecular complexity index is 4810. The first-order valence-corrected chi connectivity index (χ1v) is 29.1. The van der Waals surface area contributed by atoms with Crippen LogP contribution in [0.1, 0.15) is 31.2 Å². The summed E-state index contributed by atoms with van der Waals surface area (Å²) in [5, 5.41) is 12.4. The van der Waals surface area contributed by atoms with Crippen LogP contribution in [-0.4, -0.2) is 0 Å². The Labute approximate surface area is 478 Å². The summed E-state index contributed by atoms with van der Waals surface area (Å²) in [6.07, 6.45) is 29.7. The maximum Gasteiger partial charge on any atom is 0.0703 e. The standard InChI is InChI=1S/C78H56N4/c1-5-21-55-45-59(35-33-51(55)17-1)77-65-43-41-64(82-75-31-15-11-27-71(75)80(72-28-12-16-32-76(72)82)62-40-38-54-20-4-8-24-58(54)48-62)50-68(65)78(60-36-34-52-18-2-6-22-56(52)46-60)66-44-42-63(49-67(66)77)81-73-29-13-9-25-69(73)79(70-26-10-14-30-74(70)81)61-39-37-53-19-3-7-23-57(53)47-61/h1-13,15,17-29,31,33-51,55H,14,16,30,32H2. The molecule has 82 heavy (non-hydrogen) atoms. The Balaban J connectivity index is 0.915. The van der Waals surface area contributed by atoms with Crippen LogP contribution in [0, 0.1) is 11.8 Å². The first-order chi connectivity index (χ1) is 40.7. The topological polar surface area (TPSA) is 13.0 Å². The fourth-order valence-electron chi connectivity index (χ4n) is 14.2. The van der Waals surface area contributed by atoms with E-state index in [-0.39, 0.29) is 5.92 Å². The summed E-state index contributed by atoms with van der Waals surface area (Å²) in [4.78, 5) is 10.1. The van der Waals surface area contributed by atoms with E-state index in [1.807, 2.05) is 0 Å². The number of hydrogen-bond donors (Lipinski definition) is 0. The van der Waals surface area contributed by atoms with Gasteiger partial charge in [0, 0.05) is 46.0 Å². The van der Waals surface area contributed by atoms with Gasteiger partial charge in [0.25, 0.3) is 0 Å². The molecule has 0 saturated heterocycles. The molecule has 4 aliphatic carbocycles. The molecule has 4 heteroatoms. The van der Waals surface area contributed by atoms with Crippen molar-refractivity contribution in [3.8, 4) is 11.1 Å². The number of fused-ring (bicyclic) bond motifs is 8. The second-order valence-corrected chi connectivity index (χ2v) is 22.6. The van der Waals surface area contributed by atoms with Crippen LogP contribution in [0.3, 0.4) is 0 Å². The van der Waals surface area contributed by atoms with Crippen LogP contribution < -0.4 is 19.6 Å². The molecule has 11 aromatic rings. The molecular formula is C78H56N4. The van der Waals surface area contributed by atoms with Crippen molar-refractivity contribution in [3.63, 3.8) is 0 Å². The number of rotatable bonds is 6. The molecule has 11 aromatic carbocycles. The minimum absolute atomic E-state index is 0.259. The Morgan fingerprint density at radius 1 is 0.317 bits per heavy atom. The zero-order valence-electron chi connectivity index (χ0n) is 45.3. The Morgan fingerprint density at radius 2 is 0.744 bits per heavy atom. The molecule has 0 radical (unpaired) electrons. The highest BCUT2D eigenvalue weighted by Crippen LogP contribution is 2.55. The van der Waals surface area contributed by atoms with Crippen molar-refractivity contribution < 1.29 is 0 Å². The van der Waals surface area contributed by atoms with Gasteiger partial charge in [-0.05, 0) is 193 Å². The normalized spacial score (nSPS) is 17.9. The van der Waals surface area contributed by atoms with E-state index in [0.29, 0.717) is 5.92 Å². The van der Waals surface area contributed by atoms with E-state index in [9.17, 15) is 0 Å². The third-order valence-corrected chi connectivity index (χ3v) is 18.0. The van der Waals surface area contributed by atoms with Gasteiger partial charge in [-0.2, -0.15) is 0 Å². The summed E-state index contributed by atoms with van der Waals surface area (Å²) < 4.78 is 0. The predicted octanol–water partition coefficient (Wildman–Crippen LogP) is 21.1. The smallest absolute Gasteiger partial charge is 0.0703 e. The summed E-state index contributed by atoms with van der Waals surface area (Å²) >= 11 is 0. The molecule has 0 bridgehead atoms. The fraction of sp³-hybridized carbons (Fsp3) is 0.0769. The van der Waals surface area contributed by atoms with E-state index in [0.717, 1.165) is 42.7 Å². The van der Waals surface area contributed by atoms with Crippen LogP contribution in [0.4, 0.5) is 45.5 Å². The van der Waals surface area contributed by atoms with Crippen LogP contribution in [0.2, 0.25) is 0 Å². The summed E-state index contributed by atoms with van der Waals surface area (Å²) in [6.45, 7) is 0. The van der Waals surface area contributed by atoms with Crippen LogP contribution in [0.5, 0.6) is 0 Å². The van der Waals surface area contributed by atoms with Gasteiger partial charge in [-0.1, -0.05) is 188 Å². The number of anilines is 8. The molecular weight excluding hydrogens is 993 g/mol. The monoisotopic (exact) mass is 1050 g/mol. The average molecular weight is 1050 g/mol. The second kappa shape index (κ2) is 18.7. The van der Waals surface area contributed by atoms with Crippen LogP contribution in [0.25, 0.3) is 70.6 Å². The van der Waals surface area contributed by atoms with Gasteiger partial charge in [-0.25, -0.2) is 0 Å². The molecule has 2 atom stereocenters. The van der Waals surface area contributed by atoms with Crippen molar-refractivity contribution >= 4 is 105 Å². The van der Waals surface area contributed by atoms with E-state index in [1.54, 1.807) is 0 Å². The van der Waals surface area contributed by atoms with E-state index in [1.165, 1.54) is 127 Å². The van der Waals surface area contributed by atoms with Gasteiger partial charge in [-0.15, -0.1) is 0 Å². The molecule has 2 heterocycles. The van der Waals surface area contributed by atoms with Crippen LogP contribution in [-0.2, 0) is 0 Å². The van der Waals surface area contributed by atoms with Gasteiger partial charge < -0.3 is 19.6 Å². The van der Waals surface area contributed by atoms with Crippen LogP contribution in [0.15, 0.2) is 302 Å². The van der Waals surface area contributed by atoms with E-state index < -0.39 is 0 Å². The molecule has 6 aliphatic rings. The third-order valence-electron chi connectivity index (χ3n) is 18.0. The highest BCUT2D eigenvalue weighted by atomic mass is 15.3. The molecule has 0 aromatic heterocycles. The predicted molar refractivity (Wildman–Crippen MR) is 347 cm³/mol. The second-order valence-electron chi connectivity index (χ2n) is 22.6. The maximum absolute atomic E-state index is 2.58. The minimum atomic E-state index is 0.259. The Morgan fingerprint density at radius 3 is 1.29 bits per heavy atom. The van der Waals surface area contributed by atoms with Gasteiger partial charge in [0.1, 0.15) is 0 Å². The van der Waals surface area contributed by atoms with Crippen molar-refractivity contribution in [2.75, 3.05) is 19.6 Å². The summed E-state index contributed by atoms with van der Waals surface area (Å²) in [5.74, 6) is 0.584. The van der Waals surface area contributed by atoms with E-state index >= 15 is 0 Å². The molecule has 388 valence electrons. The first-order valence-electron chi connectivity index (χ1n) is 29.1. The zero-order valence-corrected chi connectivity index (χ0v) is 45.3. The molecule has 17 rings (SSSR count). The fourth-order valence-corrected chi connectivity index (χ4v) is 14.2. The van der Waals surface area contributed by atoms with Gasteiger partial charge in [-0.3, -0.25) is 0 Å². The largest absolute Gasteiger partial charge is 0.310 e. The highest BCUT2D eigenvalue weighted by Gasteiger charge is 2.36. The van der Waals surface area contributed by atoms with Crippen molar-refractivity contribution in [1.82, 2.24) is 0 Å². The van der Waals surface area contributed by atoms with E-state index in [2.05, 4.69) is 299 Å². The van der Waals surface area contributed by atoms with Crippen molar-refractivity contribution in [2.24, 2.45) is 11.8 Å². The van der Waals surface area contributed by atoms with Crippen LogP contribution >= 0.6 is 0 Å². The molecule has 0 amide bonds. The Hall–Kier alpha value is -10.2. The number of para-hydroxylation sites is 4. The molecule has 2 unspecified atom stereocenters. The van der Waals surface area contributed by atoms with Gasteiger partial charge in [0.2, 0.25) is 0 Å².